The second-order valence-electron chi connectivity index (χ2n) is 11.6. The monoisotopic (exact) mass is 497 g/mol. The van der Waals surface area contributed by atoms with Crippen LogP contribution >= 0.6 is 0 Å². The van der Waals surface area contributed by atoms with Crippen LogP contribution in [0.2, 0.25) is 5.04 Å². The molecule has 1 aliphatic rings. The van der Waals surface area contributed by atoms with Crippen LogP contribution in [0.3, 0.4) is 0 Å². The van der Waals surface area contributed by atoms with Gasteiger partial charge in [0.1, 0.15) is 17.4 Å². The van der Waals surface area contributed by atoms with Crippen LogP contribution < -0.4 is 10.4 Å². The van der Waals surface area contributed by atoms with Gasteiger partial charge in [0.05, 0.1) is 12.6 Å². The predicted molar refractivity (Wildman–Crippen MR) is 140 cm³/mol. The molecule has 2 aromatic carbocycles. The average Bonchev–Trinajstić information content (AvgIpc) is 3.03. The van der Waals surface area contributed by atoms with Crippen LogP contribution in [0.1, 0.15) is 55.4 Å². The summed E-state index contributed by atoms with van der Waals surface area (Å²) in [6.07, 6.45) is -0.593. The normalized spacial score (nSPS) is 20.5. The lowest BCUT2D eigenvalue weighted by molar-refractivity contribution is -0.124. The quantitative estimate of drug-likeness (QED) is 0.434. The molecule has 3 rings (SSSR count). The highest BCUT2D eigenvalue weighted by Crippen LogP contribution is 2.39. The third-order valence-electron chi connectivity index (χ3n) is 6.33. The summed E-state index contributed by atoms with van der Waals surface area (Å²) in [5, 5.41) is 2.02. The Morgan fingerprint density at radius 3 is 1.86 bits per heavy atom. The molecule has 0 aromatic heterocycles. The van der Waals surface area contributed by atoms with Gasteiger partial charge in [-0.15, -0.1) is 0 Å². The molecule has 6 nitrogen and oxygen atoms in total. The molecular formula is C28H39NO5Si. The summed E-state index contributed by atoms with van der Waals surface area (Å²) in [6.45, 7) is 15.7. The van der Waals surface area contributed by atoms with Crippen molar-refractivity contribution in [1.29, 1.82) is 0 Å². The second-order valence-corrected chi connectivity index (χ2v) is 15.9. The van der Waals surface area contributed by atoms with Crippen molar-refractivity contribution in [3.63, 3.8) is 0 Å². The molecule has 1 heterocycles. The molecule has 190 valence electrons. The Kier molecular flexibility index (Phi) is 7.65. The average molecular weight is 498 g/mol. The molecule has 35 heavy (non-hydrogen) atoms. The molecule has 0 radical (unpaired) electrons. The largest absolute Gasteiger partial charge is 0.444 e. The summed E-state index contributed by atoms with van der Waals surface area (Å²) in [7, 11) is -2.87. The van der Waals surface area contributed by atoms with E-state index in [-0.39, 0.29) is 11.6 Å². The van der Waals surface area contributed by atoms with E-state index < -0.39 is 37.9 Å². The van der Waals surface area contributed by atoms with E-state index in [2.05, 4.69) is 45.0 Å². The molecule has 0 unspecified atom stereocenters. The van der Waals surface area contributed by atoms with Gasteiger partial charge >= 0.3 is 6.09 Å². The maximum atomic E-state index is 13.3. The summed E-state index contributed by atoms with van der Waals surface area (Å²) >= 11 is 0. The molecule has 0 bridgehead atoms. The summed E-state index contributed by atoms with van der Waals surface area (Å²) in [6, 6.07) is 19.9. The minimum absolute atomic E-state index is 0.138. The van der Waals surface area contributed by atoms with Crippen LogP contribution in [0.15, 0.2) is 60.7 Å². The fraction of sp³-hybridized carbons (Fsp3) is 0.500. The summed E-state index contributed by atoms with van der Waals surface area (Å²) in [5.41, 5.74) is -1.71. The SMILES string of the molecule is CC(C)(C)OC(=O)N1[C@H](CO[Si](c2ccccc2)(c2ccccc2)C(C)(C)C)[C@@H](C=O)OC1(C)C. The number of carbonyl (C=O) groups excluding carboxylic acids is 2. The standard InChI is InChI=1S/C28H39NO5Si/c1-26(2,3)34-25(31)29-23(24(19-30)33-28(29,7)8)20-32-35(27(4,5)6,21-15-11-9-12-16-21)22-17-13-10-14-18-22/h9-19,23-24H,20H2,1-8H3/t23-,24-/m1/s1. The van der Waals surface area contributed by atoms with Crippen LogP contribution in [-0.4, -0.2) is 55.7 Å². The van der Waals surface area contributed by atoms with E-state index in [1.807, 2.05) is 57.2 Å². The highest BCUT2D eigenvalue weighted by atomic mass is 28.4. The Labute approximate surface area is 210 Å². The highest BCUT2D eigenvalue weighted by molar-refractivity contribution is 6.99. The van der Waals surface area contributed by atoms with Gasteiger partial charge in [-0.25, -0.2) is 4.79 Å². The Bertz CT molecular complexity index is 972. The number of benzene rings is 2. The topological polar surface area (TPSA) is 65.1 Å². The van der Waals surface area contributed by atoms with Gasteiger partial charge in [-0.05, 0) is 50.0 Å². The van der Waals surface area contributed by atoms with Gasteiger partial charge in [-0.2, -0.15) is 0 Å². The smallest absolute Gasteiger partial charge is 0.413 e. The molecule has 0 saturated carbocycles. The number of carbonyl (C=O) groups is 2. The summed E-state index contributed by atoms with van der Waals surface area (Å²) < 4.78 is 18.7. The third kappa shape index (κ3) is 5.52. The Hall–Kier alpha value is -2.48. The number of hydrogen-bond donors (Lipinski definition) is 0. The van der Waals surface area contributed by atoms with E-state index in [0.29, 0.717) is 0 Å². The lowest BCUT2D eigenvalue weighted by Crippen LogP contribution is -2.67. The lowest BCUT2D eigenvalue weighted by Gasteiger charge is -2.44. The highest BCUT2D eigenvalue weighted by Gasteiger charge is 2.55. The second kappa shape index (κ2) is 9.88. The molecule has 1 amide bonds. The summed E-state index contributed by atoms with van der Waals surface area (Å²) in [5.74, 6) is 0. The number of amides is 1. The number of ether oxygens (including phenoxy) is 2. The molecule has 2 atom stereocenters. The van der Waals surface area contributed by atoms with Crippen LogP contribution in [0.4, 0.5) is 4.79 Å². The van der Waals surface area contributed by atoms with E-state index in [1.54, 1.807) is 13.8 Å². The zero-order chi connectivity index (χ0) is 26.1. The van der Waals surface area contributed by atoms with E-state index in [9.17, 15) is 9.59 Å². The molecule has 0 spiro atoms. The van der Waals surface area contributed by atoms with Gasteiger partial charge < -0.3 is 18.7 Å². The molecule has 0 N–H and O–H groups in total. The zero-order valence-electron chi connectivity index (χ0n) is 22.2. The maximum Gasteiger partial charge on any atom is 0.413 e. The van der Waals surface area contributed by atoms with E-state index in [0.717, 1.165) is 16.7 Å². The Morgan fingerprint density at radius 2 is 1.46 bits per heavy atom. The summed E-state index contributed by atoms with van der Waals surface area (Å²) in [4.78, 5) is 26.9. The number of hydrogen-bond acceptors (Lipinski definition) is 5. The van der Waals surface area contributed by atoms with Crippen molar-refractivity contribution in [3.05, 3.63) is 60.7 Å². The van der Waals surface area contributed by atoms with Crippen molar-refractivity contribution in [1.82, 2.24) is 4.90 Å². The fourth-order valence-electron chi connectivity index (χ4n) is 4.94. The fourth-order valence-corrected chi connectivity index (χ4v) is 9.52. The minimum atomic E-state index is -2.87. The molecular weight excluding hydrogens is 458 g/mol. The van der Waals surface area contributed by atoms with Gasteiger partial charge in [0.15, 0.2) is 6.29 Å². The zero-order valence-corrected chi connectivity index (χ0v) is 23.2. The third-order valence-corrected chi connectivity index (χ3v) is 11.3. The van der Waals surface area contributed by atoms with Gasteiger partial charge in [0.2, 0.25) is 0 Å². The van der Waals surface area contributed by atoms with Crippen molar-refractivity contribution < 1.29 is 23.5 Å². The van der Waals surface area contributed by atoms with Gasteiger partial charge in [-0.3, -0.25) is 4.90 Å². The van der Waals surface area contributed by atoms with Crippen LogP contribution in [0.5, 0.6) is 0 Å². The van der Waals surface area contributed by atoms with Crippen molar-refractivity contribution in [2.24, 2.45) is 0 Å². The molecule has 2 aromatic rings. The van der Waals surface area contributed by atoms with Crippen molar-refractivity contribution in [2.75, 3.05) is 6.61 Å². The first kappa shape index (κ1) is 27.1. The Morgan fingerprint density at radius 1 is 0.971 bits per heavy atom. The minimum Gasteiger partial charge on any atom is -0.444 e. The lowest BCUT2D eigenvalue weighted by atomic mass is 10.1. The first-order valence-electron chi connectivity index (χ1n) is 12.1. The molecule has 1 aliphatic heterocycles. The predicted octanol–water partition coefficient (Wildman–Crippen LogP) is 4.50. The van der Waals surface area contributed by atoms with Crippen molar-refractivity contribution >= 4 is 31.1 Å². The maximum absolute atomic E-state index is 13.3. The molecule has 7 heteroatoms. The first-order chi connectivity index (χ1) is 16.2. The van der Waals surface area contributed by atoms with E-state index >= 15 is 0 Å². The van der Waals surface area contributed by atoms with E-state index in [1.165, 1.54) is 4.90 Å². The first-order valence-corrected chi connectivity index (χ1v) is 14.0. The number of aldehydes is 1. The van der Waals surface area contributed by atoms with Crippen molar-refractivity contribution in [2.45, 2.75) is 83.9 Å². The number of nitrogens with zero attached hydrogens (tertiary/aromatic N) is 1. The molecule has 1 fully saturated rings. The van der Waals surface area contributed by atoms with Gasteiger partial charge in [-0.1, -0.05) is 81.4 Å². The number of rotatable bonds is 6. The van der Waals surface area contributed by atoms with Crippen molar-refractivity contribution in [3.8, 4) is 0 Å². The Balaban J connectivity index is 2.08. The van der Waals surface area contributed by atoms with Gasteiger partial charge in [0, 0.05) is 0 Å². The van der Waals surface area contributed by atoms with Crippen LogP contribution in [0, 0.1) is 0 Å². The molecule has 1 saturated heterocycles. The van der Waals surface area contributed by atoms with Crippen LogP contribution in [0.25, 0.3) is 0 Å². The molecule has 0 aliphatic carbocycles. The van der Waals surface area contributed by atoms with Crippen LogP contribution in [-0.2, 0) is 18.7 Å². The van der Waals surface area contributed by atoms with Gasteiger partial charge in [0.25, 0.3) is 8.32 Å². The van der Waals surface area contributed by atoms with E-state index in [4.69, 9.17) is 13.9 Å².